The molecule has 0 bridgehead atoms. The normalized spacial score (nSPS) is 13.1. The molecule has 1 atom stereocenters. The lowest BCUT2D eigenvalue weighted by atomic mass is 10.7. The van der Waals surface area contributed by atoms with Crippen LogP contribution >= 0.6 is 0 Å². The fraction of sp³-hybridized carbons (Fsp3) is 0.667. The second-order valence-electron chi connectivity index (χ2n) is 1.59. The molecule has 0 aromatic heterocycles. The van der Waals surface area contributed by atoms with Gasteiger partial charge < -0.3 is 9.47 Å². The van der Waals surface area contributed by atoms with E-state index < -0.39 is 12.8 Å². The molecule has 0 aliphatic rings. The average molecular weight is 170 g/mol. The highest BCUT2D eigenvalue weighted by Crippen LogP contribution is 2.05. The molecule has 0 spiro atoms. The van der Waals surface area contributed by atoms with Crippen molar-refractivity contribution in [3.63, 3.8) is 0 Å². The predicted octanol–water partition coefficient (Wildman–Crippen LogP) is 1.72. The van der Waals surface area contributed by atoms with Gasteiger partial charge in [-0.25, -0.2) is 13.2 Å². The van der Waals surface area contributed by atoms with Crippen molar-refractivity contribution in [2.75, 3.05) is 13.2 Å². The van der Waals surface area contributed by atoms with Crippen LogP contribution in [-0.2, 0) is 9.47 Å². The van der Waals surface area contributed by atoms with Crippen LogP contribution in [0.2, 0.25) is 0 Å². The van der Waals surface area contributed by atoms with Crippen molar-refractivity contribution in [1.29, 1.82) is 0 Å². The molecule has 0 aromatic rings. The van der Waals surface area contributed by atoms with Gasteiger partial charge in [-0.05, 0) is 0 Å². The third-order valence-electron chi connectivity index (χ3n) is 0.794. The summed E-state index contributed by atoms with van der Waals surface area (Å²) in [7, 11) is 0. The first-order valence-corrected chi connectivity index (χ1v) is 2.94. The first-order chi connectivity index (χ1) is 5.18. The third-order valence-corrected chi connectivity index (χ3v) is 0.794. The van der Waals surface area contributed by atoms with E-state index in [0.29, 0.717) is 0 Å². The summed E-state index contributed by atoms with van der Waals surface area (Å²) in [4.78, 5) is 0. The van der Waals surface area contributed by atoms with Crippen LogP contribution in [0.15, 0.2) is 12.8 Å². The maximum Gasteiger partial charge on any atom is 0.293 e. The lowest BCUT2D eigenvalue weighted by Crippen LogP contribution is -2.18. The fourth-order valence-electron chi connectivity index (χ4n) is 0.365. The van der Waals surface area contributed by atoms with Crippen molar-refractivity contribution in [2.45, 2.75) is 12.8 Å². The quantitative estimate of drug-likeness (QED) is 0.446. The highest BCUT2D eigenvalue weighted by atomic mass is 19.3. The zero-order valence-corrected chi connectivity index (χ0v) is 5.80. The van der Waals surface area contributed by atoms with Crippen LogP contribution in [0.25, 0.3) is 0 Å². The van der Waals surface area contributed by atoms with Gasteiger partial charge in [0.15, 0.2) is 0 Å². The number of ether oxygens (including phenoxy) is 2. The maximum absolute atomic E-state index is 11.9. The highest BCUT2D eigenvalue weighted by molar-refractivity contribution is 4.49. The van der Waals surface area contributed by atoms with E-state index in [4.69, 9.17) is 0 Å². The van der Waals surface area contributed by atoms with Gasteiger partial charge in [0.05, 0.1) is 12.9 Å². The lowest BCUT2D eigenvalue weighted by molar-refractivity contribution is -0.133. The zero-order valence-electron chi connectivity index (χ0n) is 5.80. The SMILES string of the molecule is C=COCCOC(F)C(F)F. The predicted molar refractivity (Wildman–Crippen MR) is 33.0 cm³/mol. The van der Waals surface area contributed by atoms with E-state index in [1.165, 1.54) is 0 Å². The molecule has 0 fully saturated rings. The molecule has 0 N–H and O–H groups in total. The van der Waals surface area contributed by atoms with E-state index in [9.17, 15) is 13.2 Å². The lowest BCUT2D eigenvalue weighted by Gasteiger charge is -2.07. The number of alkyl halides is 3. The van der Waals surface area contributed by atoms with E-state index >= 15 is 0 Å². The Bertz CT molecular complexity index is 108. The van der Waals surface area contributed by atoms with Gasteiger partial charge in [0.1, 0.15) is 6.61 Å². The topological polar surface area (TPSA) is 18.5 Å². The van der Waals surface area contributed by atoms with Gasteiger partial charge in [0.2, 0.25) is 0 Å². The minimum absolute atomic E-state index is 0.0244. The van der Waals surface area contributed by atoms with Crippen LogP contribution in [0, 0.1) is 0 Å². The Kier molecular flexibility index (Phi) is 5.64. The molecule has 2 nitrogen and oxygen atoms in total. The molecule has 0 saturated carbocycles. The largest absolute Gasteiger partial charge is 0.499 e. The Morgan fingerprint density at radius 3 is 2.36 bits per heavy atom. The second-order valence-corrected chi connectivity index (χ2v) is 1.59. The molecule has 1 unspecified atom stereocenters. The van der Waals surface area contributed by atoms with Crippen molar-refractivity contribution in [3.05, 3.63) is 12.8 Å². The summed E-state index contributed by atoms with van der Waals surface area (Å²) in [5.41, 5.74) is 0. The van der Waals surface area contributed by atoms with Gasteiger partial charge in [-0.1, -0.05) is 6.58 Å². The molecule has 0 aromatic carbocycles. The standard InChI is InChI=1S/C6H9F3O2/c1-2-10-3-4-11-6(9)5(7)8/h2,5-6H,1,3-4H2. The second kappa shape index (κ2) is 6.03. The summed E-state index contributed by atoms with van der Waals surface area (Å²) >= 11 is 0. The Labute approximate surface area is 62.6 Å². The summed E-state index contributed by atoms with van der Waals surface area (Å²) in [5.74, 6) is 0. The molecular formula is C6H9F3O2. The van der Waals surface area contributed by atoms with E-state index in [2.05, 4.69) is 16.1 Å². The smallest absolute Gasteiger partial charge is 0.293 e. The van der Waals surface area contributed by atoms with Crippen LogP contribution in [-0.4, -0.2) is 26.0 Å². The minimum Gasteiger partial charge on any atom is -0.499 e. The van der Waals surface area contributed by atoms with Gasteiger partial charge in [-0.3, -0.25) is 0 Å². The molecule has 11 heavy (non-hydrogen) atoms. The van der Waals surface area contributed by atoms with Crippen LogP contribution < -0.4 is 0 Å². The van der Waals surface area contributed by atoms with Crippen molar-refractivity contribution < 1.29 is 22.6 Å². The van der Waals surface area contributed by atoms with Crippen LogP contribution in [0.4, 0.5) is 13.2 Å². The summed E-state index contributed by atoms with van der Waals surface area (Å²) in [6.45, 7) is 3.01. The third kappa shape index (κ3) is 5.72. The molecule has 0 aliphatic carbocycles. The average Bonchev–Trinajstić information content (AvgIpc) is 1.97. The molecule has 0 rings (SSSR count). The van der Waals surface area contributed by atoms with Gasteiger partial charge in [0.25, 0.3) is 12.8 Å². The minimum atomic E-state index is -3.10. The summed E-state index contributed by atoms with van der Waals surface area (Å²) in [5, 5.41) is 0. The van der Waals surface area contributed by atoms with E-state index in [-0.39, 0.29) is 13.2 Å². The Balaban J connectivity index is 3.17. The first-order valence-electron chi connectivity index (χ1n) is 2.94. The maximum atomic E-state index is 11.9. The van der Waals surface area contributed by atoms with E-state index in [0.717, 1.165) is 6.26 Å². The van der Waals surface area contributed by atoms with E-state index in [1.807, 2.05) is 0 Å². The van der Waals surface area contributed by atoms with Crippen molar-refractivity contribution in [3.8, 4) is 0 Å². The number of rotatable bonds is 6. The summed E-state index contributed by atoms with van der Waals surface area (Å²) < 4.78 is 43.2. The zero-order chi connectivity index (χ0) is 8.69. The van der Waals surface area contributed by atoms with Gasteiger partial charge in [0, 0.05) is 0 Å². The van der Waals surface area contributed by atoms with Gasteiger partial charge in [-0.2, -0.15) is 0 Å². The fourth-order valence-corrected chi connectivity index (χ4v) is 0.365. The molecule has 5 heteroatoms. The molecule has 0 saturated heterocycles. The number of hydrogen-bond acceptors (Lipinski definition) is 2. The van der Waals surface area contributed by atoms with Crippen molar-refractivity contribution in [2.24, 2.45) is 0 Å². The molecule has 0 amide bonds. The van der Waals surface area contributed by atoms with Gasteiger partial charge in [-0.15, -0.1) is 0 Å². The molecule has 0 heterocycles. The number of hydrogen-bond donors (Lipinski definition) is 0. The molecule has 0 radical (unpaired) electrons. The van der Waals surface area contributed by atoms with Gasteiger partial charge >= 0.3 is 0 Å². The number of halogens is 3. The Morgan fingerprint density at radius 1 is 1.27 bits per heavy atom. The van der Waals surface area contributed by atoms with Crippen molar-refractivity contribution >= 4 is 0 Å². The Morgan fingerprint density at radius 2 is 1.91 bits per heavy atom. The summed E-state index contributed by atoms with van der Waals surface area (Å²) in [6, 6.07) is 0. The highest BCUT2D eigenvalue weighted by Gasteiger charge is 2.18. The van der Waals surface area contributed by atoms with Crippen LogP contribution in [0.5, 0.6) is 0 Å². The Hall–Kier alpha value is -0.710. The van der Waals surface area contributed by atoms with E-state index in [1.54, 1.807) is 0 Å². The van der Waals surface area contributed by atoms with Crippen molar-refractivity contribution in [1.82, 2.24) is 0 Å². The molecule has 0 aliphatic heterocycles. The van der Waals surface area contributed by atoms with Crippen LogP contribution in [0.3, 0.4) is 0 Å². The monoisotopic (exact) mass is 170 g/mol. The molecular weight excluding hydrogens is 161 g/mol. The first kappa shape index (κ1) is 10.3. The van der Waals surface area contributed by atoms with Crippen LogP contribution in [0.1, 0.15) is 0 Å². The summed E-state index contributed by atoms with van der Waals surface area (Å²) in [6.07, 6.45) is -4.50. The molecule has 66 valence electrons.